The highest BCUT2D eigenvalue weighted by Crippen LogP contribution is 2.19. The fourth-order valence-corrected chi connectivity index (χ4v) is 5.01. The van der Waals surface area contributed by atoms with Gasteiger partial charge in [-0.25, -0.2) is 9.98 Å². The number of non-ortho nitro benzene ring substituents is 2. The van der Waals surface area contributed by atoms with E-state index < -0.39 is 9.85 Å². The Hall–Kier alpha value is -3.96. The Bertz CT molecular complexity index is 1300. The average Bonchev–Trinajstić information content (AvgIpc) is 3.16. The third-order valence-corrected chi connectivity index (χ3v) is 6.56. The van der Waals surface area contributed by atoms with Crippen LogP contribution in [-0.4, -0.2) is 14.4 Å². The van der Waals surface area contributed by atoms with Gasteiger partial charge in [0.25, 0.3) is 11.4 Å². The third-order valence-electron chi connectivity index (χ3n) is 4.41. The van der Waals surface area contributed by atoms with E-state index >= 15 is 0 Å². The normalized spacial score (nSPS) is 12.1. The number of hydrogen-bond acceptors (Lipinski definition) is 8. The van der Waals surface area contributed by atoms with Crippen LogP contribution in [-0.2, 0) is 6.54 Å². The molecule has 4 rings (SSSR count). The zero-order valence-electron chi connectivity index (χ0n) is 16.4. The minimum absolute atomic E-state index is 0.00367. The summed E-state index contributed by atoms with van der Waals surface area (Å²) in [6.45, 7) is 0.526. The summed E-state index contributed by atoms with van der Waals surface area (Å²) in [5.74, 6) is 0. The van der Waals surface area contributed by atoms with Gasteiger partial charge in [-0.05, 0) is 50.5 Å². The molecule has 0 N–H and O–H groups in total. The molecule has 11 heteroatoms. The lowest BCUT2D eigenvalue weighted by Crippen LogP contribution is -2.26. The van der Waals surface area contributed by atoms with Crippen LogP contribution in [0.1, 0.15) is 5.56 Å². The molecule has 0 aliphatic heterocycles. The maximum absolute atomic E-state index is 10.9. The highest BCUT2D eigenvalue weighted by molar-refractivity contribution is 7.67. The van der Waals surface area contributed by atoms with Crippen LogP contribution in [0.15, 0.2) is 88.8 Å². The minimum Gasteiger partial charge on any atom is -0.288 e. The average molecular weight is 466 g/mol. The van der Waals surface area contributed by atoms with Gasteiger partial charge < -0.3 is 0 Å². The Morgan fingerprint density at radius 2 is 1.12 bits per heavy atom. The van der Waals surface area contributed by atoms with E-state index in [2.05, 4.69) is 9.98 Å². The Balaban J connectivity index is 1.79. The molecule has 160 valence electrons. The molecule has 0 saturated heterocycles. The first kappa shape index (κ1) is 21.3. The Morgan fingerprint density at radius 3 is 1.53 bits per heavy atom. The third kappa shape index (κ3) is 5.02. The van der Waals surface area contributed by atoms with Crippen LogP contribution in [0.3, 0.4) is 0 Å². The van der Waals surface area contributed by atoms with E-state index in [0.29, 0.717) is 27.5 Å². The first-order valence-corrected chi connectivity index (χ1v) is 11.5. The molecule has 3 aromatic carbocycles. The van der Waals surface area contributed by atoms with Gasteiger partial charge in [0.15, 0.2) is 0 Å². The summed E-state index contributed by atoms with van der Waals surface area (Å²) in [5.41, 5.74) is 2.25. The highest BCUT2D eigenvalue weighted by atomic mass is 32.9. The molecule has 1 aromatic heterocycles. The van der Waals surface area contributed by atoms with Crippen LogP contribution in [0.5, 0.6) is 0 Å². The fraction of sp³-hybridized carbons (Fsp3) is 0.0476. The number of nitrogens with zero attached hydrogens (tertiary/aromatic N) is 5. The van der Waals surface area contributed by atoms with Gasteiger partial charge in [-0.2, -0.15) is 0 Å². The van der Waals surface area contributed by atoms with Crippen molar-refractivity contribution in [1.82, 2.24) is 4.57 Å². The zero-order valence-corrected chi connectivity index (χ0v) is 18.0. The summed E-state index contributed by atoms with van der Waals surface area (Å²) in [5, 5.41) is 21.8. The molecule has 0 bridgehead atoms. The van der Waals surface area contributed by atoms with Gasteiger partial charge >= 0.3 is 0 Å². The molecule has 0 fully saturated rings. The number of hydrogen-bond donors (Lipinski definition) is 0. The topological polar surface area (TPSA) is 116 Å². The predicted molar refractivity (Wildman–Crippen MR) is 122 cm³/mol. The summed E-state index contributed by atoms with van der Waals surface area (Å²) in [6, 6.07) is 21.9. The van der Waals surface area contributed by atoms with Crippen LogP contribution in [0.25, 0.3) is 0 Å². The quantitative estimate of drug-likeness (QED) is 0.228. The smallest absolute Gasteiger partial charge is 0.269 e. The van der Waals surface area contributed by atoms with E-state index in [4.69, 9.17) is 0 Å². The predicted octanol–water partition coefficient (Wildman–Crippen LogP) is 4.94. The van der Waals surface area contributed by atoms with E-state index in [-0.39, 0.29) is 11.4 Å². The SMILES string of the molecule is O=[N+]([O-])c1ccc(N=c2ssc(=Nc3ccc([N+](=O)[O-])cc3)n2Cc2ccccc2)cc1. The van der Waals surface area contributed by atoms with E-state index in [0.717, 1.165) is 5.56 Å². The number of benzene rings is 3. The van der Waals surface area contributed by atoms with Crippen molar-refractivity contribution in [2.24, 2.45) is 9.98 Å². The van der Waals surface area contributed by atoms with Crippen molar-refractivity contribution >= 4 is 43.4 Å². The molecular weight excluding hydrogens is 450 g/mol. The fourth-order valence-electron chi connectivity index (χ4n) is 2.82. The van der Waals surface area contributed by atoms with Gasteiger partial charge in [0, 0.05) is 24.3 Å². The number of aromatic nitrogens is 1. The summed E-state index contributed by atoms with van der Waals surface area (Å²) in [6.07, 6.45) is 0. The number of nitro groups is 2. The lowest BCUT2D eigenvalue weighted by Gasteiger charge is -2.03. The Morgan fingerprint density at radius 1 is 0.688 bits per heavy atom. The van der Waals surface area contributed by atoms with Crippen molar-refractivity contribution in [3.8, 4) is 0 Å². The van der Waals surface area contributed by atoms with Crippen LogP contribution >= 0.6 is 20.7 Å². The minimum atomic E-state index is -0.451. The van der Waals surface area contributed by atoms with Crippen LogP contribution in [0, 0.1) is 20.2 Å². The van der Waals surface area contributed by atoms with Crippen LogP contribution in [0.2, 0.25) is 0 Å². The number of rotatable bonds is 6. The van der Waals surface area contributed by atoms with Gasteiger partial charge in [0.05, 0.1) is 27.8 Å². The van der Waals surface area contributed by atoms with Gasteiger partial charge in [-0.1, -0.05) is 30.3 Å². The van der Waals surface area contributed by atoms with Crippen molar-refractivity contribution in [3.63, 3.8) is 0 Å². The molecule has 0 spiro atoms. The van der Waals surface area contributed by atoms with Crippen molar-refractivity contribution in [2.75, 3.05) is 0 Å². The van der Waals surface area contributed by atoms with E-state index in [1.807, 2.05) is 34.9 Å². The van der Waals surface area contributed by atoms with Crippen molar-refractivity contribution < 1.29 is 9.85 Å². The Kier molecular flexibility index (Phi) is 6.29. The summed E-state index contributed by atoms with van der Waals surface area (Å²) >= 11 is 0. The molecule has 0 radical (unpaired) electrons. The first-order chi connectivity index (χ1) is 15.5. The molecule has 32 heavy (non-hydrogen) atoms. The monoisotopic (exact) mass is 465 g/mol. The number of nitro benzene ring substituents is 2. The second-order valence-electron chi connectivity index (χ2n) is 6.57. The van der Waals surface area contributed by atoms with Crippen molar-refractivity contribution in [2.45, 2.75) is 6.54 Å². The highest BCUT2D eigenvalue weighted by Gasteiger charge is 2.08. The van der Waals surface area contributed by atoms with Gasteiger partial charge in [0.2, 0.25) is 9.60 Å². The van der Waals surface area contributed by atoms with Crippen LogP contribution in [0.4, 0.5) is 22.7 Å². The molecule has 1 heterocycles. The largest absolute Gasteiger partial charge is 0.288 e. The van der Waals surface area contributed by atoms with E-state index in [1.54, 1.807) is 24.3 Å². The summed E-state index contributed by atoms with van der Waals surface area (Å²) < 4.78 is 1.95. The Labute approximate surface area is 188 Å². The molecule has 0 unspecified atom stereocenters. The molecule has 9 nitrogen and oxygen atoms in total. The molecule has 0 atom stereocenters. The second kappa shape index (κ2) is 9.45. The van der Waals surface area contributed by atoms with E-state index in [9.17, 15) is 20.2 Å². The van der Waals surface area contributed by atoms with Crippen molar-refractivity contribution in [3.05, 3.63) is 114 Å². The molecular formula is C21H15N5O4S2. The lowest BCUT2D eigenvalue weighted by atomic mass is 10.2. The molecule has 4 aromatic rings. The van der Waals surface area contributed by atoms with Gasteiger partial charge in [0.1, 0.15) is 0 Å². The van der Waals surface area contributed by atoms with Gasteiger partial charge in [-0.3, -0.25) is 24.8 Å². The maximum atomic E-state index is 10.9. The molecule has 0 aliphatic rings. The summed E-state index contributed by atoms with van der Waals surface area (Å²) in [4.78, 5) is 31.6. The maximum Gasteiger partial charge on any atom is 0.269 e. The molecule has 0 aliphatic carbocycles. The first-order valence-electron chi connectivity index (χ1n) is 9.32. The zero-order chi connectivity index (χ0) is 22.5. The second-order valence-corrected chi connectivity index (χ2v) is 8.64. The standard InChI is InChI=1S/C21H15N5O4S2/c27-25(28)18-10-6-16(7-11-18)22-20-24(14-15-4-2-1-3-5-15)21(32-31-20)23-17-8-12-19(13-9-17)26(29)30/h1-13H,14H2. The van der Waals surface area contributed by atoms with E-state index in [1.165, 1.54) is 44.9 Å². The lowest BCUT2D eigenvalue weighted by molar-refractivity contribution is -0.385. The van der Waals surface area contributed by atoms with Crippen molar-refractivity contribution in [1.29, 1.82) is 0 Å². The molecule has 0 saturated carbocycles. The summed E-state index contributed by atoms with van der Waals surface area (Å²) in [7, 11) is 2.86. The van der Waals surface area contributed by atoms with Gasteiger partial charge in [-0.15, -0.1) is 0 Å². The molecule has 0 amide bonds. The van der Waals surface area contributed by atoms with Crippen LogP contribution < -0.4 is 9.60 Å².